The van der Waals surface area contributed by atoms with E-state index < -0.39 is 9.71 Å². The van der Waals surface area contributed by atoms with Gasteiger partial charge in [-0.15, -0.1) is 0 Å². The van der Waals surface area contributed by atoms with Gasteiger partial charge in [0.2, 0.25) is 0 Å². The number of nitrogens with zero attached hydrogens (tertiary/aromatic N) is 1. The van der Waals surface area contributed by atoms with E-state index in [1.165, 1.54) is 5.56 Å². The Morgan fingerprint density at radius 2 is 1.79 bits per heavy atom. The molecule has 1 saturated heterocycles. The van der Waals surface area contributed by atoms with E-state index in [1.54, 1.807) is 6.26 Å². The van der Waals surface area contributed by atoms with Crippen molar-refractivity contribution in [1.82, 2.24) is 4.90 Å². The van der Waals surface area contributed by atoms with Crippen LogP contribution in [0.2, 0.25) is 10.0 Å². The zero-order valence-electron chi connectivity index (χ0n) is 17.0. The van der Waals surface area contributed by atoms with Gasteiger partial charge in [-0.2, -0.15) is 0 Å². The molecule has 1 heterocycles. The SMILES string of the molecule is C=S(C)(=O)Nc1cccc(C2(C)C3CN(CCCc4c(Cl)cccc4Cl)CC32)c1. The number of piperidine rings is 1. The summed E-state index contributed by atoms with van der Waals surface area (Å²) in [6.07, 6.45) is 3.60. The summed E-state index contributed by atoms with van der Waals surface area (Å²) in [5, 5.41) is 1.53. The first-order chi connectivity index (χ1) is 13.7. The van der Waals surface area contributed by atoms with E-state index in [4.69, 9.17) is 23.2 Å². The average molecular weight is 451 g/mol. The number of hydrogen-bond acceptors (Lipinski definition) is 2. The van der Waals surface area contributed by atoms with Crippen LogP contribution in [0.3, 0.4) is 0 Å². The first-order valence-corrected chi connectivity index (χ1v) is 12.9. The molecule has 2 aromatic carbocycles. The minimum atomic E-state index is -2.26. The Bertz CT molecular complexity index is 989. The maximum absolute atomic E-state index is 12.0. The third-order valence-electron chi connectivity index (χ3n) is 6.61. The number of hydrogen-bond donors (Lipinski definition) is 1. The molecule has 6 heteroatoms. The van der Waals surface area contributed by atoms with E-state index in [0.29, 0.717) is 11.8 Å². The summed E-state index contributed by atoms with van der Waals surface area (Å²) in [6, 6.07) is 14.1. The number of benzene rings is 2. The van der Waals surface area contributed by atoms with Crippen LogP contribution >= 0.6 is 23.2 Å². The van der Waals surface area contributed by atoms with Gasteiger partial charge in [-0.25, -0.2) is 4.21 Å². The Hall–Kier alpha value is -1.20. The lowest BCUT2D eigenvalue weighted by atomic mass is 9.92. The second kappa shape index (κ2) is 7.81. The summed E-state index contributed by atoms with van der Waals surface area (Å²) in [7, 11) is -2.26. The molecule has 2 fully saturated rings. The van der Waals surface area contributed by atoms with Gasteiger partial charge in [-0.3, -0.25) is 0 Å². The molecule has 0 amide bonds. The maximum Gasteiger partial charge on any atom is 0.0459 e. The smallest absolute Gasteiger partial charge is 0.0459 e. The fourth-order valence-corrected chi connectivity index (χ4v) is 6.20. The molecule has 0 radical (unpaired) electrons. The number of likely N-dealkylation sites (tertiary alicyclic amines) is 1. The average Bonchev–Trinajstić information content (AvgIpc) is 2.99. The molecule has 156 valence electrons. The van der Waals surface area contributed by atoms with Crippen molar-refractivity contribution >= 4 is 44.5 Å². The highest BCUT2D eigenvalue weighted by Crippen LogP contribution is 2.63. The van der Waals surface area contributed by atoms with E-state index in [9.17, 15) is 4.21 Å². The van der Waals surface area contributed by atoms with Crippen molar-refractivity contribution in [3.8, 4) is 0 Å². The van der Waals surface area contributed by atoms with Gasteiger partial charge >= 0.3 is 0 Å². The predicted molar refractivity (Wildman–Crippen MR) is 127 cm³/mol. The standard InChI is InChI=1S/C23H28Cl2N2OS/c1-23(16-7-4-8-17(13-16)26-29(2,3)28)19-14-27(15-20(19)23)12-6-9-18-21(24)10-5-11-22(18)25/h4-5,7-8,10-11,13,19-20H,2,6,9,12,14-15H2,1,3H3,(H,26,28). The predicted octanol–water partition coefficient (Wildman–Crippen LogP) is 5.12. The summed E-state index contributed by atoms with van der Waals surface area (Å²) < 4.78 is 15.0. The summed E-state index contributed by atoms with van der Waals surface area (Å²) in [6.45, 7) is 5.71. The third kappa shape index (κ3) is 4.32. The van der Waals surface area contributed by atoms with Gasteiger partial charge in [0.25, 0.3) is 0 Å². The Balaban J connectivity index is 1.33. The van der Waals surface area contributed by atoms with E-state index >= 15 is 0 Å². The van der Waals surface area contributed by atoms with E-state index in [0.717, 1.165) is 53.8 Å². The molecule has 29 heavy (non-hydrogen) atoms. The molecule has 3 nitrogen and oxygen atoms in total. The Morgan fingerprint density at radius 1 is 1.17 bits per heavy atom. The van der Waals surface area contributed by atoms with Crippen LogP contribution in [-0.4, -0.2) is 40.9 Å². The molecule has 0 spiro atoms. The number of nitrogens with one attached hydrogen (secondary N) is 1. The summed E-state index contributed by atoms with van der Waals surface area (Å²) in [5.74, 6) is 5.07. The van der Waals surface area contributed by atoms with Crippen molar-refractivity contribution in [1.29, 1.82) is 0 Å². The molecule has 0 bridgehead atoms. The maximum atomic E-state index is 12.0. The Kier molecular flexibility index (Phi) is 5.67. The zero-order valence-corrected chi connectivity index (χ0v) is 19.3. The summed E-state index contributed by atoms with van der Waals surface area (Å²) in [4.78, 5) is 2.57. The first kappa shape index (κ1) is 21.0. The van der Waals surface area contributed by atoms with Crippen LogP contribution in [0.25, 0.3) is 0 Å². The minimum absolute atomic E-state index is 0.218. The summed E-state index contributed by atoms with van der Waals surface area (Å²) >= 11 is 12.6. The highest BCUT2D eigenvalue weighted by atomic mass is 35.5. The number of fused-ring (bicyclic) bond motifs is 1. The molecule has 1 N–H and O–H groups in total. The van der Waals surface area contributed by atoms with Crippen LogP contribution < -0.4 is 4.72 Å². The lowest BCUT2D eigenvalue weighted by Crippen LogP contribution is -2.30. The number of anilines is 1. The second-order valence-corrected chi connectivity index (χ2v) is 11.8. The lowest BCUT2D eigenvalue weighted by Gasteiger charge is -2.25. The molecule has 0 aromatic heterocycles. The van der Waals surface area contributed by atoms with E-state index in [-0.39, 0.29) is 5.41 Å². The van der Waals surface area contributed by atoms with Crippen LogP contribution in [-0.2, 0) is 21.5 Å². The molecular formula is C23H28Cl2N2OS. The van der Waals surface area contributed by atoms with Crippen molar-refractivity contribution in [2.75, 3.05) is 30.6 Å². The molecular weight excluding hydrogens is 423 g/mol. The van der Waals surface area contributed by atoms with Crippen molar-refractivity contribution < 1.29 is 4.21 Å². The van der Waals surface area contributed by atoms with Crippen molar-refractivity contribution in [3.05, 3.63) is 63.6 Å². The number of halogens is 2. The molecule has 2 aliphatic rings. The highest BCUT2D eigenvalue weighted by Gasteiger charge is 2.65. The van der Waals surface area contributed by atoms with Crippen LogP contribution in [0.5, 0.6) is 0 Å². The van der Waals surface area contributed by atoms with Gasteiger partial charge in [-0.1, -0.05) is 48.3 Å². The van der Waals surface area contributed by atoms with Crippen molar-refractivity contribution in [3.63, 3.8) is 0 Å². The van der Waals surface area contributed by atoms with Gasteiger partial charge in [0, 0.05) is 50.2 Å². The van der Waals surface area contributed by atoms with Crippen molar-refractivity contribution in [2.45, 2.75) is 25.2 Å². The van der Waals surface area contributed by atoms with E-state index in [2.05, 4.69) is 34.5 Å². The molecule has 3 atom stereocenters. The minimum Gasteiger partial charge on any atom is -0.313 e. The Labute approximate surface area is 184 Å². The monoisotopic (exact) mass is 450 g/mol. The number of rotatable bonds is 7. The van der Waals surface area contributed by atoms with Gasteiger partial charge in [0.05, 0.1) is 0 Å². The fourth-order valence-electron chi connectivity index (χ4n) is 4.99. The van der Waals surface area contributed by atoms with Crippen LogP contribution in [0, 0.1) is 11.8 Å². The molecule has 2 aromatic rings. The highest BCUT2D eigenvalue weighted by molar-refractivity contribution is 8.00. The van der Waals surface area contributed by atoms with Gasteiger partial charge in [0.1, 0.15) is 0 Å². The lowest BCUT2D eigenvalue weighted by molar-refractivity contribution is 0.274. The van der Waals surface area contributed by atoms with Crippen LogP contribution in [0.4, 0.5) is 5.69 Å². The van der Waals surface area contributed by atoms with Gasteiger partial charge < -0.3 is 9.62 Å². The first-order valence-electron chi connectivity index (χ1n) is 10.0. The topological polar surface area (TPSA) is 32.3 Å². The van der Waals surface area contributed by atoms with Crippen LogP contribution in [0.15, 0.2) is 42.5 Å². The Morgan fingerprint density at radius 3 is 2.41 bits per heavy atom. The zero-order chi connectivity index (χ0) is 20.8. The van der Waals surface area contributed by atoms with E-state index in [1.807, 2.05) is 30.3 Å². The molecule has 1 aliphatic carbocycles. The largest absolute Gasteiger partial charge is 0.313 e. The normalized spacial score (nSPS) is 28.0. The van der Waals surface area contributed by atoms with Gasteiger partial charge in [-0.05, 0) is 72.5 Å². The van der Waals surface area contributed by atoms with Gasteiger partial charge in [0.15, 0.2) is 0 Å². The van der Waals surface area contributed by atoms with Crippen molar-refractivity contribution in [2.24, 2.45) is 11.8 Å². The quantitative estimate of drug-likeness (QED) is 0.593. The fraction of sp³-hybridized carbons (Fsp3) is 0.435. The summed E-state index contributed by atoms with van der Waals surface area (Å²) in [5.41, 5.74) is 3.51. The molecule has 4 rings (SSSR count). The molecule has 3 unspecified atom stereocenters. The molecule has 1 saturated carbocycles. The second-order valence-electron chi connectivity index (χ2n) is 8.75. The third-order valence-corrected chi connectivity index (χ3v) is 7.98. The van der Waals surface area contributed by atoms with Crippen LogP contribution in [0.1, 0.15) is 24.5 Å². The molecule has 1 aliphatic heterocycles.